The Bertz CT molecular complexity index is 156. The van der Waals surface area contributed by atoms with Crippen molar-refractivity contribution >= 4 is 0 Å². The lowest BCUT2D eigenvalue weighted by molar-refractivity contribution is 0.0370. The Kier molecular flexibility index (Phi) is 4.90. The molecule has 0 aromatic rings. The first-order chi connectivity index (χ1) is 6.58. The molecule has 0 spiro atoms. The van der Waals surface area contributed by atoms with E-state index in [9.17, 15) is 5.11 Å². The average Bonchev–Trinajstić information content (AvgIpc) is 2.47. The van der Waals surface area contributed by atoms with Crippen molar-refractivity contribution in [1.29, 1.82) is 0 Å². The Morgan fingerprint density at radius 2 is 2.07 bits per heavy atom. The Morgan fingerprint density at radius 3 is 2.57 bits per heavy atom. The second kappa shape index (κ2) is 5.72. The van der Waals surface area contributed by atoms with E-state index in [0.29, 0.717) is 18.1 Å². The molecule has 0 aromatic carbocycles. The summed E-state index contributed by atoms with van der Waals surface area (Å²) in [6.07, 6.45) is 5.92. The van der Waals surface area contributed by atoms with Gasteiger partial charge >= 0.3 is 0 Å². The summed E-state index contributed by atoms with van der Waals surface area (Å²) in [5.74, 6) is 0.591. The molecule has 3 unspecified atom stereocenters. The van der Waals surface area contributed by atoms with Crippen LogP contribution in [0.25, 0.3) is 0 Å². The number of hydrogen-bond acceptors (Lipinski definition) is 2. The fraction of sp³-hybridized carbons (Fsp3) is 1.00. The monoisotopic (exact) mass is 200 g/mol. The zero-order chi connectivity index (χ0) is 10.6. The maximum absolute atomic E-state index is 9.69. The quantitative estimate of drug-likeness (QED) is 0.739. The highest BCUT2D eigenvalue weighted by Gasteiger charge is 2.22. The molecule has 1 aliphatic rings. The molecule has 1 heterocycles. The van der Waals surface area contributed by atoms with Gasteiger partial charge < -0.3 is 9.84 Å². The van der Waals surface area contributed by atoms with Crippen LogP contribution >= 0.6 is 0 Å². The van der Waals surface area contributed by atoms with E-state index < -0.39 is 0 Å². The predicted molar refractivity (Wildman–Crippen MR) is 58.3 cm³/mol. The lowest BCUT2D eigenvalue weighted by Gasteiger charge is -2.16. The zero-order valence-electron chi connectivity index (χ0n) is 9.70. The summed E-state index contributed by atoms with van der Waals surface area (Å²) >= 11 is 0. The van der Waals surface area contributed by atoms with E-state index in [-0.39, 0.29) is 6.10 Å². The molecule has 0 amide bonds. The van der Waals surface area contributed by atoms with Gasteiger partial charge in [-0.2, -0.15) is 0 Å². The van der Waals surface area contributed by atoms with Crippen molar-refractivity contribution in [3.63, 3.8) is 0 Å². The van der Waals surface area contributed by atoms with Crippen molar-refractivity contribution in [2.45, 2.75) is 71.2 Å². The summed E-state index contributed by atoms with van der Waals surface area (Å²) < 4.78 is 5.71. The van der Waals surface area contributed by atoms with E-state index >= 15 is 0 Å². The van der Waals surface area contributed by atoms with Gasteiger partial charge in [-0.05, 0) is 44.9 Å². The molecular formula is C12H24O2. The SMILES string of the molecule is CC(C)CC(O)CCC1CCC(C)O1. The third-order valence-electron chi connectivity index (χ3n) is 2.89. The predicted octanol–water partition coefficient (Wildman–Crippen LogP) is 2.74. The van der Waals surface area contributed by atoms with Crippen LogP contribution in [0.4, 0.5) is 0 Å². The van der Waals surface area contributed by atoms with Crippen LogP contribution in [0.15, 0.2) is 0 Å². The van der Waals surface area contributed by atoms with Gasteiger partial charge in [-0.15, -0.1) is 0 Å². The molecule has 0 radical (unpaired) electrons. The smallest absolute Gasteiger partial charge is 0.0580 e. The van der Waals surface area contributed by atoms with Gasteiger partial charge in [0, 0.05) is 0 Å². The third-order valence-corrected chi connectivity index (χ3v) is 2.89. The second-order valence-electron chi connectivity index (χ2n) is 5.01. The fourth-order valence-corrected chi connectivity index (χ4v) is 2.14. The summed E-state index contributed by atoms with van der Waals surface area (Å²) in [7, 11) is 0. The molecule has 0 bridgehead atoms. The van der Waals surface area contributed by atoms with Gasteiger partial charge in [0.05, 0.1) is 18.3 Å². The molecule has 0 saturated carbocycles. The standard InChI is InChI=1S/C12H24O2/c1-9(2)8-11(13)5-7-12-6-4-10(3)14-12/h9-13H,4-8H2,1-3H3. The average molecular weight is 200 g/mol. The summed E-state index contributed by atoms with van der Waals surface area (Å²) in [4.78, 5) is 0. The number of aliphatic hydroxyl groups excluding tert-OH is 1. The molecule has 1 aliphatic heterocycles. The first kappa shape index (κ1) is 12.0. The third kappa shape index (κ3) is 4.43. The molecule has 2 heteroatoms. The minimum absolute atomic E-state index is 0.130. The first-order valence-electron chi connectivity index (χ1n) is 5.91. The summed E-state index contributed by atoms with van der Waals surface area (Å²) in [5.41, 5.74) is 0. The van der Waals surface area contributed by atoms with Gasteiger partial charge in [0.15, 0.2) is 0 Å². The molecule has 1 fully saturated rings. The Balaban J connectivity index is 2.08. The van der Waals surface area contributed by atoms with Gasteiger partial charge in [0.25, 0.3) is 0 Å². The normalized spacial score (nSPS) is 29.8. The van der Waals surface area contributed by atoms with E-state index in [1.807, 2.05) is 0 Å². The largest absolute Gasteiger partial charge is 0.393 e. The Labute approximate surface area is 87.7 Å². The summed E-state index contributed by atoms with van der Waals surface area (Å²) in [6.45, 7) is 6.43. The minimum Gasteiger partial charge on any atom is -0.393 e. The molecule has 84 valence electrons. The second-order valence-corrected chi connectivity index (χ2v) is 5.01. The molecule has 0 aromatic heterocycles. The van der Waals surface area contributed by atoms with E-state index in [1.54, 1.807) is 0 Å². The first-order valence-corrected chi connectivity index (χ1v) is 5.91. The molecule has 2 nitrogen and oxygen atoms in total. The molecule has 1 saturated heterocycles. The van der Waals surface area contributed by atoms with Crippen molar-refractivity contribution < 1.29 is 9.84 Å². The lowest BCUT2D eigenvalue weighted by Crippen LogP contribution is -2.15. The Morgan fingerprint density at radius 1 is 1.36 bits per heavy atom. The van der Waals surface area contributed by atoms with Crippen molar-refractivity contribution in [3.8, 4) is 0 Å². The number of aliphatic hydroxyl groups is 1. The van der Waals surface area contributed by atoms with Crippen LogP contribution in [-0.2, 0) is 4.74 Å². The van der Waals surface area contributed by atoms with Crippen LogP contribution in [-0.4, -0.2) is 23.4 Å². The summed E-state index contributed by atoms with van der Waals surface area (Å²) in [5, 5.41) is 9.69. The van der Waals surface area contributed by atoms with Crippen LogP contribution in [0.2, 0.25) is 0 Å². The van der Waals surface area contributed by atoms with Crippen LogP contribution in [0.5, 0.6) is 0 Å². The maximum atomic E-state index is 9.69. The van der Waals surface area contributed by atoms with Crippen LogP contribution in [0, 0.1) is 5.92 Å². The van der Waals surface area contributed by atoms with Gasteiger partial charge in [0.2, 0.25) is 0 Å². The van der Waals surface area contributed by atoms with Crippen LogP contribution in [0.3, 0.4) is 0 Å². The Hall–Kier alpha value is -0.0800. The van der Waals surface area contributed by atoms with E-state index in [0.717, 1.165) is 19.3 Å². The van der Waals surface area contributed by atoms with E-state index in [2.05, 4.69) is 20.8 Å². The lowest BCUT2D eigenvalue weighted by atomic mass is 10.00. The molecular weight excluding hydrogens is 176 g/mol. The van der Waals surface area contributed by atoms with Crippen LogP contribution < -0.4 is 0 Å². The number of rotatable bonds is 5. The van der Waals surface area contributed by atoms with Crippen LogP contribution in [0.1, 0.15) is 52.9 Å². The van der Waals surface area contributed by atoms with Gasteiger partial charge in [-0.1, -0.05) is 13.8 Å². The van der Waals surface area contributed by atoms with Crippen molar-refractivity contribution in [1.82, 2.24) is 0 Å². The van der Waals surface area contributed by atoms with Gasteiger partial charge in [-0.3, -0.25) is 0 Å². The highest BCUT2D eigenvalue weighted by Crippen LogP contribution is 2.23. The van der Waals surface area contributed by atoms with Gasteiger partial charge in [-0.25, -0.2) is 0 Å². The fourth-order valence-electron chi connectivity index (χ4n) is 2.14. The molecule has 1 N–H and O–H groups in total. The molecule has 0 aliphatic carbocycles. The molecule has 14 heavy (non-hydrogen) atoms. The highest BCUT2D eigenvalue weighted by molar-refractivity contribution is 4.72. The van der Waals surface area contributed by atoms with Crippen molar-refractivity contribution in [2.75, 3.05) is 0 Å². The summed E-state index contributed by atoms with van der Waals surface area (Å²) in [6, 6.07) is 0. The van der Waals surface area contributed by atoms with E-state index in [4.69, 9.17) is 4.74 Å². The molecule has 3 atom stereocenters. The molecule has 1 rings (SSSR count). The maximum Gasteiger partial charge on any atom is 0.0580 e. The number of hydrogen-bond donors (Lipinski definition) is 1. The minimum atomic E-state index is -0.130. The van der Waals surface area contributed by atoms with Gasteiger partial charge in [0.1, 0.15) is 0 Å². The topological polar surface area (TPSA) is 29.5 Å². The number of ether oxygens (including phenoxy) is 1. The van der Waals surface area contributed by atoms with E-state index in [1.165, 1.54) is 12.8 Å². The zero-order valence-corrected chi connectivity index (χ0v) is 9.70. The van der Waals surface area contributed by atoms with Crippen molar-refractivity contribution in [3.05, 3.63) is 0 Å². The van der Waals surface area contributed by atoms with Crippen molar-refractivity contribution in [2.24, 2.45) is 5.92 Å². The highest BCUT2D eigenvalue weighted by atomic mass is 16.5.